The van der Waals surface area contributed by atoms with E-state index in [0.717, 1.165) is 16.7 Å². The summed E-state index contributed by atoms with van der Waals surface area (Å²) < 4.78 is 16.3. The lowest BCUT2D eigenvalue weighted by molar-refractivity contribution is -0.158. The number of esters is 1. The number of hydrogen-bond donors (Lipinski definition) is 0. The predicted molar refractivity (Wildman–Crippen MR) is 139 cm³/mol. The topological polar surface area (TPSA) is 113 Å². The van der Waals surface area contributed by atoms with Gasteiger partial charge < -0.3 is 18.8 Å². The minimum absolute atomic E-state index is 0.127. The highest BCUT2D eigenvalue weighted by Gasteiger charge is 2.26. The first kappa shape index (κ1) is 26.6. The number of carbonyl (C=O) groups is 2. The van der Waals surface area contributed by atoms with Gasteiger partial charge in [-0.3, -0.25) is 19.3 Å². The summed E-state index contributed by atoms with van der Waals surface area (Å²) in [5, 5.41) is 9.32. The van der Waals surface area contributed by atoms with Gasteiger partial charge in [0.15, 0.2) is 6.10 Å². The monoisotopic (exact) mass is 515 g/mol. The molecule has 0 spiro atoms. The Labute approximate surface area is 220 Å². The van der Waals surface area contributed by atoms with Gasteiger partial charge >= 0.3 is 5.97 Å². The summed E-state index contributed by atoms with van der Waals surface area (Å²) in [5.41, 5.74) is 3.01. The molecule has 0 unspecified atom stereocenters. The van der Waals surface area contributed by atoms with Crippen molar-refractivity contribution in [3.8, 4) is 22.9 Å². The van der Waals surface area contributed by atoms with E-state index in [4.69, 9.17) is 13.9 Å². The van der Waals surface area contributed by atoms with E-state index in [9.17, 15) is 19.6 Å². The molecule has 1 amide bonds. The summed E-state index contributed by atoms with van der Waals surface area (Å²) in [7, 11) is 0. The molecule has 1 aromatic heterocycles. The van der Waals surface area contributed by atoms with Crippen LogP contribution in [0.3, 0.4) is 0 Å². The summed E-state index contributed by atoms with van der Waals surface area (Å²) in [6.07, 6.45) is 0.526. The number of nitriles is 1. The molecular weight excluding hydrogens is 486 g/mol. The molecule has 0 N–H and O–H groups in total. The standard InChI is InChI=1S/C29H29N3O6/c1-20(38-21(2)33)29(35)32-13-11-31(12-14-32)17-25-15-27(34)28(19-36-25)37-18-22-7-9-23(10-8-22)26-6-4-3-5-24(26)16-30/h3-10,15,19-20H,11-14,17-18H2,1-2H3/t20-/m0/s1. The third-order valence-corrected chi connectivity index (χ3v) is 6.31. The van der Waals surface area contributed by atoms with Crippen LogP contribution < -0.4 is 10.2 Å². The maximum Gasteiger partial charge on any atom is 0.303 e. The zero-order valence-electron chi connectivity index (χ0n) is 21.4. The molecule has 2 aromatic carbocycles. The highest BCUT2D eigenvalue weighted by atomic mass is 16.5. The molecule has 1 saturated heterocycles. The van der Waals surface area contributed by atoms with Crippen molar-refractivity contribution in [3.63, 3.8) is 0 Å². The number of benzene rings is 2. The van der Waals surface area contributed by atoms with Crippen molar-refractivity contribution in [1.29, 1.82) is 5.26 Å². The number of nitrogens with zero attached hydrogens (tertiary/aromatic N) is 3. The molecule has 0 saturated carbocycles. The summed E-state index contributed by atoms with van der Waals surface area (Å²) >= 11 is 0. The normalized spacial score (nSPS) is 14.4. The van der Waals surface area contributed by atoms with Crippen LogP contribution in [0.4, 0.5) is 0 Å². The lowest BCUT2D eigenvalue weighted by Crippen LogP contribution is -2.51. The fourth-order valence-electron chi connectivity index (χ4n) is 4.30. The minimum Gasteiger partial charge on any atom is -0.482 e. The van der Waals surface area contributed by atoms with E-state index in [1.165, 1.54) is 19.3 Å². The number of hydrogen-bond acceptors (Lipinski definition) is 8. The zero-order chi connectivity index (χ0) is 27.1. The van der Waals surface area contributed by atoms with Gasteiger partial charge in [-0.1, -0.05) is 42.5 Å². The van der Waals surface area contributed by atoms with Gasteiger partial charge in [0, 0.05) is 39.2 Å². The van der Waals surface area contributed by atoms with Crippen LogP contribution in [-0.2, 0) is 27.5 Å². The van der Waals surface area contributed by atoms with E-state index in [2.05, 4.69) is 11.0 Å². The van der Waals surface area contributed by atoms with Gasteiger partial charge in [-0.15, -0.1) is 0 Å². The zero-order valence-corrected chi connectivity index (χ0v) is 21.4. The van der Waals surface area contributed by atoms with E-state index in [1.807, 2.05) is 42.5 Å². The molecule has 4 rings (SSSR count). The SMILES string of the molecule is CC(=O)O[C@@H](C)C(=O)N1CCN(Cc2cc(=O)c(OCc3ccc(-c4ccccc4C#N)cc3)co2)CC1. The Balaban J connectivity index is 1.28. The minimum atomic E-state index is -0.803. The van der Waals surface area contributed by atoms with Crippen LogP contribution in [0.5, 0.6) is 5.75 Å². The summed E-state index contributed by atoms with van der Waals surface area (Å²) in [6, 6.07) is 18.7. The Kier molecular flexibility index (Phi) is 8.56. The second kappa shape index (κ2) is 12.2. The molecule has 1 fully saturated rings. The fourth-order valence-corrected chi connectivity index (χ4v) is 4.30. The Bertz CT molecular complexity index is 1380. The van der Waals surface area contributed by atoms with Crippen LogP contribution in [-0.4, -0.2) is 54.0 Å². The van der Waals surface area contributed by atoms with Gasteiger partial charge in [-0.2, -0.15) is 5.26 Å². The average molecular weight is 516 g/mol. The number of rotatable bonds is 8. The van der Waals surface area contributed by atoms with Gasteiger partial charge in [0.05, 0.1) is 18.2 Å². The molecule has 9 nitrogen and oxygen atoms in total. The first-order chi connectivity index (χ1) is 18.3. The third-order valence-electron chi connectivity index (χ3n) is 6.31. The fraction of sp³-hybridized carbons (Fsp3) is 0.310. The molecule has 0 bridgehead atoms. The second-order valence-electron chi connectivity index (χ2n) is 9.07. The lowest BCUT2D eigenvalue weighted by atomic mass is 9.99. The van der Waals surface area contributed by atoms with Crippen molar-refractivity contribution in [2.45, 2.75) is 33.1 Å². The number of ether oxygens (including phenoxy) is 2. The van der Waals surface area contributed by atoms with Crippen LogP contribution in [0.2, 0.25) is 0 Å². The summed E-state index contributed by atoms with van der Waals surface area (Å²) in [4.78, 5) is 39.8. The highest BCUT2D eigenvalue weighted by molar-refractivity contribution is 5.83. The average Bonchev–Trinajstić information content (AvgIpc) is 2.92. The van der Waals surface area contributed by atoms with E-state index in [-0.39, 0.29) is 23.7 Å². The smallest absolute Gasteiger partial charge is 0.303 e. The Morgan fingerprint density at radius 1 is 1.08 bits per heavy atom. The second-order valence-corrected chi connectivity index (χ2v) is 9.07. The lowest BCUT2D eigenvalue weighted by Gasteiger charge is -2.35. The summed E-state index contributed by atoms with van der Waals surface area (Å²) in [5.74, 6) is -0.0593. The molecule has 38 heavy (non-hydrogen) atoms. The van der Waals surface area contributed by atoms with Gasteiger partial charge in [-0.25, -0.2) is 0 Å². The molecule has 0 aliphatic carbocycles. The largest absolute Gasteiger partial charge is 0.482 e. The Morgan fingerprint density at radius 3 is 2.45 bits per heavy atom. The molecule has 1 aliphatic heterocycles. The van der Waals surface area contributed by atoms with Gasteiger partial charge in [0.1, 0.15) is 18.6 Å². The number of amides is 1. The Hall–Kier alpha value is -4.42. The highest BCUT2D eigenvalue weighted by Crippen LogP contribution is 2.24. The predicted octanol–water partition coefficient (Wildman–Crippen LogP) is 3.35. The van der Waals surface area contributed by atoms with Gasteiger partial charge in [-0.05, 0) is 29.7 Å². The van der Waals surface area contributed by atoms with E-state index in [0.29, 0.717) is 44.0 Å². The van der Waals surface area contributed by atoms with Gasteiger partial charge in [0.25, 0.3) is 5.91 Å². The van der Waals surface area contributed by atoms with E-state index < -0.39 is 12.1 Å². The van der Waals surface area contributed by atoms with Crippen LogP contribution in [0.15, 0.2) is 70.1 Å². The Morgan fingerprint density at radius 2 is 1.79 bits per heavy atom. The van der Waals surface area contributed by atoms with Crippen LogP contribution in [0.25, 0.3) is 11.1 Å². The number of piperazine rings is 1. The number of carbonyl (C=O) groups excluding carboxylic acids is 2. The molecule has 1 aliphatic rings. The molecule has 0 radical (unpaired) electrons. The maximum absolute atomic E-state index is 12.6. The molecule has 196 valence electrons. The third kappa shape index (κ3) is 6.66. The van der Waals surface area contributed by atoms with E-state index in [1.54, 1.807) is 17.9 Å². The van der Waals surface area contributed by atoms with Crippen molar-refractivity contribution < 1.29 is 23.5 Å². The van der Waals surface area contributed by atoms with Crippen molar-refractivity contribution >= 4 is 11.9 Å². The van der Waals surface area contributed by atoms with Crippen molar-refractivity contribution in [1.82, 2.24) is 9.80 Å². The van der Waals surface area contributed by atoms with Crippen molar-refractivity contribution in [2.24, 2.45) is 0 Å². The molecule has 1 atom stereocenters. The molecule has 3 aromatic rings. The molecule has 2 heterocycles. The maximum atomic E-state index is 12.6. The first-order valence-corrected chi connectivity index (χ1v) is 12.4. The van der Waals surface area contributed by atoms with Crippen molar-refractivity contribution in [2.75, 3.05) is 26.2 Å². The van der Waals surface area contributed by atoms with Gasteiger partial charge in [0.2, 0.25) is 11.2 Å². The van der Waals surface area contributed by atoms with Crippen LogP contribution >= 0.6 is 0 Å². The van der Waals surface area contributed by atoms with E-state index >= 15 is 0 Å². The quantitative estimate of drug-likeness (QED) is 0.420. The first-order valence-electron chi connectivity index (χ1n) is 12.4. The molecule has 9 heteroatoms. The van der Waals surface area contributed by atoms with Crippen LogP contribution in [0, 0.1) is 11.3 Å². The van der Waals surface area contributed by atoms with Crippen molar-refractivity contribution in [3.05, 3.63) is 88.0 Å². The summed E-state index contributed by atoms with van der Waals surface area (Å²) in [6.45, 7) is 5.69. The van der Waals surface area contributed by atoms with Crippen LogP contribution in [0.1, 0.15) is 30.7 Å². The molecular formula is C29H29N3O6.